The fraction of sp³-hybridized carbons (Fsp3) is 0.143. The van der Waals surface area contributed by atoms with Gasteiger partial charge in [0.15, 0.2) is 6.61 Å². The van der Waals surface area contributed by atoms with Crippen LogP contribution in [-0.2, 0) is 30.8 Å². The van der Waals surface area contributed by atoms with Gasteiger partial charge in [-0.3, -0.25) is 9.52 Å². The minimum Gasteiger partial charge on any atom is -0.482 e. The van der Waals surface area contributed by atoms with Crippen molar-refractivity contribution in [1.29, 1.82) is 0 Å². The molecule has 8 nitrogen and oxygen atoms in total. The zero-order valence-corrected chi connectivity index (χ0v) is 18.2. The van der Waals surface area contributed by atoms with Crippen molar-refractivity contribution in [2.45, 2.75) is 10.6 Å². The van der Waals surface area contributed by atoms with Crippen LogP contribution in [0.3, 0.4) is 0 Å². The highest BCUT2D eigenvalue weighted by atomic mass is 32.2. The van der Waals surface area contributed by atoms with Crippen molar-refractivity contribution in [2.24, 2.45) is 0 Å². The van der Waals surface area contributed by atoms with Gasteiger partial charge in [-0.1, -0.05) is 24.3 Å². The summed E-state index contributed by atoms with van der Waals surface area (Å²) >= 11 is 1.13. The van der Waals surface area contributed by atoms with Gasteiger partial charge in [0.1, 0.15) is 9.96 Å². The van der Waals surface area contributed by atoms with E-state index >= 15 is 0 Å². The average molecular weight is 461 g/mol. The first kappa shape index (κ1) is 22.3. The van der Waals surface area contributed by atoms with Gasteiger partial charge in [0.25, 0.3) is 10.0 Å². The van der Waals surface area contributed by atoms with E-state index in [0.29, 0.717) is 17.1 Å². The fourth-order valence-electron chi connectivity index (χ4n) is 2.57. The van der Waals surface area contributed by atoms with E-state index in [1.807, 2.05) is 0 Å². The SMILES string of the molecule is COC(=O)COc1cccc(NC(=O)Cc2ccc(NS(=O)(=O)c3cccs3)cc2)c1. The van der Waals surface area contributed by atoms with Gasteiger partial charge in [-0.2, -0.15) is 0 Å². The number of carbonyl (C=O) groups excluding carboxylic acids is 2. The van der Waals surface area contributed by atoms with Crippen LogP contribution in [0.2, 0.25) is 0 Å². The molecule has 3 rings (SSSR count). The first-order valence-corrected chi connectivity index (χ1v) is 11.5. The second-order valence-electron chi connectivity index (χ2n) is 6.35. The molecule has 0 radical (unpaired) electrons. The van der Waals surface area contributed by atoms with Gasteiger partial charge in [0.2, 0.25) is 5.91 Å². The normalized spacial score (nSPS) is 10.9. The van der Waals surface area contributed by atoms with E-state index in [-0.39, 0.29) is 23.1 Å². The lowest BCUT2D eigenvalue weighted by atomic mass is 10.1. The van der Waals surface area contributed by atoms with Gasteiger partial charge >= 0.3 is 5.97 Å². The molecular formula is C21H20N2O6S2. The number of ether oxygens (including phenoxy) is 2. The number of hydrogen-bond donors (Lipinski definition) is 2. The van der Waals surface area contributed by atoms with Gasteiger partial charge in [-0.05, 0) is 41.3 Å². The fourth-order valence-corrected chi connectivity index (χ4v) is 4.62. The predicted molar refractivity (Wildman–Crippen MR) is 118 cm³/mol. The van der Waals surface area contributed by atoms with Gasteiger partial charge < -0.3 is 14.8 Å². The summed E-state index contributed by atoms with van der Waals surface area (Å²) in [6.45, 7) is -0.226. The molecule has 1 amide bonds. The molecular weight excluding hydrogens is 440 g/mol. The number of methoxy groups -OCH3 is 1. The third-order valence-electron chi connectivity index (χ3n) is 4.03. The highest BCUT2D eigenvalue weighted by molar-refractivity contribution is 7.94. The standard InChI is InChI=1S/C21H20N2O6S2/c1-28-20(25)14-29-18-5-2-4-17(13-18)22-19(24)12-15-7-9-16(10-8-15)23-31(26,27)21-6-3-11-30-21/h2-11,13,23H,12,14H2,1H3,(H,22,24). The Labute approximate surface area is 183 Å². The number of thiophene rings is 1. The number of carbonyl (C=O) groups is 2. The minimum absolute atomic E-state index is 0.102. The van der Waals surface area contributed by atoms with Crippen LogP contribution in [0.15, 0.2) is 70.3 Å². The van der Waals surface area contributed by atoms with E-state index in [0.717, 1.165) is 16.9 Å². The largest absolute Gasteiger partial charge is 0.482 e. The van der Waals surface area contributed by atoms with Crippen molar-refractivity contribution in [1.82, 2.24) is 0 Å². The first-order valence-electron chi connectivity index (χ1n) is 9.10. The number of esters is 1. The summed E-state index contributed by atoms with van der Waals surface area (Å²) in [6.07, 6.45) is 0.102. The van der Waals surface area contributed by atoms with E-state index in [1.165, 1.54) is 13.2 Å². The summed E-state index contributed by atoms with van der Waals surface area (Å²) < 4.78 is 37.1. The van der Waals surface area contributed by atoms with Crippen LogP contribution in [-0.4, -0.2) is 34.0 Å². The molecule has 0 bridgehead atoms. The Bertz CT molecular complexity index is 1140. The van der Waals surface area contributed by atoms with E-state index in [1.54, 1.807) is 60.0 Å². The smallest absolute Gasteiger partial charge is 0.343 e. The highest BCUT2D eigenvalue weighted by Crippen LogP contribution is 2.21. The summed E-state index contributed by atoms with van der Waals surface area (Å²) in [6, 6.07) is 16.4. The Balaban J connectivity index is 1.56. The number of sulfonamides is 1. The van der Waals surface area contributed by atoms with Crippen LogP contribution >= 0.6 is 11.3 Å². The zero-order chi connectivity index (χ0) is 22.3. The van der Waals surface area contributed by atoms with Crippen molar-refractivity contribution in [3.05, 3.63) is 71.6 Å². The molecule has 162 valence electrons. The molecule has 2 N–H and O–H groups in total. The molecule has 0 unspecified atom stereocenters. The Morgan fingerprint density at radius 3 is 2.45 bits per heavy atom. The van der Waals surface area contributed by atoms with E-state index < -0.39 is 16.0 Å². The lowest BCUT2D eigenvalue weighted by molar-refractivity contribution is -0.142. The van der Waals surface area contributed by atoms with Crippen LogP contribution in [0, 0.1) is 0 Å². The quantitative estimate of drug-likeness (QED) is 0.474. The van der Waals surface area contributed by atoms with Gasteiger partial charge in [-0.25, -0.2) is 13.2 Å². The Hall–Kier alpha value is -3.37. The Morgan fingerprint density at radius 1 is 1.00 bits per heavy atom. The van der Waals surface area contributed by atoms with Gasteiger partial charge in [0, 0.05) is 17.4 Å². The number of amides is 1. The maximum absolute atomic E-state index is 12.3. The molecule has 0 aliphatic carbocycles. The van der Waals surface area contributed by atoms with E-state index in [2.05, 4.69) is 14.8 Å². The molecule has 2 aromatic carbocycles. The molecule has 3 aromatic rings. The molecule has 10 heteroatoms. The average Bonchev–Trinajstić information content (AvgIpc) is 3.29. The molecule has 1 aromatic heterocycles. The molecule has 0 spiro atoms. The third-order valence-corrected chi connectivity index (χ3v) is 6.81. The monoisotopic (exact) mass is 460 g/mol. The van der Waals surface area contributed by atoms with Crippen molar-refractivity contribution in [3.63, 3.8) is 0 Å². The Kier molecular flexibility index (Phi) is 7.27. The van der Waals surface area contributed by atoms with Crippen molar-refractivity contribution in [2.75, 3.05) is 23.8 Å². The summed E-state index contributed by atoms with van der Waals surface area (Å²) in [5.41, 5.74) is 1.65. The molecule has 1 heterocycles. The summed E-state index contributed by atoms with van der Waals surface area (Å²) in [7, 11) is -2.34. The number of anilines is 2. The third kappa shape index (κ3) is 6.56. The molecule has 0 atom stereocenters. The number of benzene rings is 2. The Morgan fingerprint density at radius 2 is 1.77 bits per heavy atom. The van der Waals surface area contributed by atoms with E-state index in [9.17, 15) is 18.0 Å². The van der Waals surface area contributed by atoms with Crippen LogP contribution in [0.25, 0.3) is 0 Å². The molecule has 0 saturated heterocycles. The summed E-state index contributed by atoms with van der Waals surface area (Å²) in [5.74, 6) is -0.335. The van der Waals surface area contributed by atoms with Crippen molar-refractivity contribution in [3.8, 4) is 5.75 Å². The first-order chi connectivity index (χ1) is 14.9. The van der Waals surface area contributed by atoms with Crippen molar-refractivity contribution >= 4 is 44.6 Å². The molecule has 31 heavy (non-hydrogen) atoms. The van der Waals surface area contributed by atoms with Gasteiger partial charge in [-0.15, -0.1) is 11.3 Å². The summed E-state index contributed by atoms with van der Waals surface area (Å²) in [4.78, 5) is 23.5. The van der Waals surface area contributed by atoms with Crippen molar-refractivity contribution < 1.29 is 27.5 Å². The van der Waals surface area contributed by atoms with Crippen LogP contribution in [0.5, 0.6) is 5.75 Å². The maximum Gasteiger partial charge on any atom is 0.343 e. The number of nitrogens with one attached hydrogen (secondary N) is 2. The molecule has 0 saturated carbocycles. The van der Waals surface area contributed by atoms with E-state index in [4.69, 9.17) is 4.74 Å². The lowest BCUT2D eigenvalue weighted by Gasteiger charge is -2.09. The number of hydrogen-bond acceptors (Lipinski definition) is 7. The summed E-state index contributed by atoms with van der Waals surface area (Å²) in [5, 5.41) is 4.45. The highest BCUT2D eigenvalue weighted by Gasteiger charge is 2.15. The minimum atomic E-state index is -3.61. The van der Waals surface area contributed by atoms with Crippen LogP contribution < -0.4 is 14.8 Å². The molecule has 0 fully saturated rings. The predicted octanol–water partition coefficient (Wildman–Crippen LogP) is 3.28. The lowest BCUT2D eigenvalue weighted by Crippen LogP contribution is -2.15. The zero-order valence-electron chi connectivity index (χ0n) is 16.5. The topological polar surface area (TPSA) is 111 Å². The molecule has 0 aliphatic heterocycles. The number of rotatable bonds is 9. The molecule has 0 aliphatic rings. The maximum atomic E-state index is 12.3. The van der Waals surface area contributed by atoms with Crippen LogP contribution in [0.1, 0.15) is 5.56 Å². The second kappa shape index (κ2) is 10.1. The second-order valence-corrected chi connectivity index (χ2v) is 9.21. The van der Waals surface area contributed by atoms with Gasteiger partial charge in [0.05, 0.1) is 13.5 Å². The van der Waals surface area contributed by atoms with Crippen LogP contribution in [0.4, 0.5) is 11.4 Å².